The molecule has 0 aliphatic heterocycles. The molecule has 1 unspecified atom stereocenters. The Bertz CT molecular complexity index is 408. The predicted octanol–water partition coefficient (Wildman–Crippen LogP) is 2.08. The number of carboxylic acids is 1. The Hall–Kier alpha value is -1.36. The SMILES string of the molecule is CCN(CC)C(CC(=O)O)c1cncn1C1CC1. The van der Waals surface area contributed by atoms with Crippen molar-refractivity contribution in [3.63, 3.8) is 0 Å². The number of nitrogens with zero attached hydrogens (tertiary/aromatic N) is 3. The Morgan fingerprint density at radius 3 is 2.72 bits per heavy atom. The first kappa shape index (κ1) is 13.1. The summed E-state index contributed by atoms with van der Waals surface area (Å²) >= 11 is 0. The molecule has 5 heteroatoms. The van der Waals surface area contributed by atoms with E-state index < -0.39 is 5.97 Å². The molecule has 0 bridgehead atoms. The maximum atomic E-state index is 11.1. The summed E-state index contributed by atoms with van der Waals surface area (Å²) in [6.07, 6.45) is 6.17. The van der Waals surface area contributed by atoms with Gasteiger partial charge in [0.25, 0.3) is 0 Å². The van der Waals surface area contributed by atoms with Gasteiger partial charge in [0.2, 0.25) is 0 Å². The van der Waals surface area contributed by atoms with E-state index >= 15 is 0 Å². The van der Waals surface area contributed by atoms with Crippen molar-refractivity contribution in [2.24, 2.45) is 0 Å². The average Bonchev–Trinajstić information content (AvgIpc) is 3.07. The van der Waals surface area contributed by atoms with E-state index in [2.05, 4.69) is 28.3 Å². The van der Waals surface area contributed by atoms with E-state index in [0.29, 0.717) is 6.04 Å². The van der Waals surface area contributed by atoms with E-state index in [1.807, 2.05) is 12.5 Å². The third kappa shape index (κ3) is 2.72. The second kappa shape index (κ2) is 5.52. The van der Waals surface area contributed by atoms with Gasteiger partial charge in [-0.1, -0.05) is 13.8 Å². The number of aliphatic carboxylic acids is 1. The summed E-state index contributed by atoms with van der Waals surface area (Å²) in [4.78, 5) is 17.5. The summed E-state index contributed by atoms with van der Waals surface area (Å²) in [5.74, 6) is -0.754. The molecular formula is C13H21N3O2. The van der Waals surface area contributed by atoms with E-state index in [0.717, 1.165) is 18.8 Å². The molecule has 1 saturated carbocycles. The fourth-order valence-corrected chi connectivity index (χ4v) is 2.48. The lowest BCUT2D eigenvalue weighted by atomic mass is 10.1. The number of hydrogen-bond donors (Lipinski definition) is 1. The minimum atomic E-state index is -0.754. The van der Waals surface area contributed by atoms with E-state index in [1.54, 1.807) is 0 Å². The lowest BCUT2D eigenvalue weighted by Gasteiger charge is -2.29. The molecule has 1 fully saturated rings. The Balaban J connectivity index is 2.25. The first-order valence-corrected chi connectivity index (χ1v) is 6.64. The van der Waals surface area contributed by atoms with E-state index in [1.165, 1.54) is 12.8 Å². The van der Waals surface area contributed by atoms with Gasteiger partial charge in [0.15, 0.2) is 0 Å². The van der Waals surface area contributed by atoms with Crippen LogP contribution in [0.4, 0.5) is 0 Å². The lowest BCUT2D eigenvalue weighted by Crippen LogP contribution is -2.31. The fourth-order valence-electron chi connectivity index (χ4n) is 2.48. The summed E-state index contributed by atoms with van der Waals surface area (Å²) in [6.45, 7) is 5.83. The second-order valence-corrected chi connectivity index (χ2v) is 4.79. The summed E-state index contributed by atoms with van der Waals surface area (Å²) in [6, 6.07) is 0.468. The van der Waals surface area contributed by atoms with E-state index in [-0.39, 0.29) is 12.5 Å². The van der Waals surface area contributed by atoms with Crippen LogP contribution in [0.5, 0.6) is 0 Å². The number of aromatic nitrogens is 2. The zero-order chi connectivity index (χ0) is 13.1. The minimum Gasteiger partial charge on any atom is -0.481 e. The van der Waals surface area contributed by atoms with Crippen LogP contribution in [0.1, 0.15) is 50.9 Å². The van der Waals surface area contributed by atoms with Crippen LogP contribution < -0.4 is 0 Å². The van der Waals surface area contributed by atoms with E-state index in [4.69, 9.17) is 5.11 Å². The molecule has 0 saturated heterocycles. The fraction of sp³-hybridized carbons (Fsp3) is 0.692. The number of carboxylic acid groups (broad SMARTS) is 1. The zero-order valence-corrected chi connectivity index (χ0v) is 11.0. The van der Waals surface area contributed by atoms with Crippen molar-refractivity contribution in [2.45, 2.75) is 45.2 Å². The Kier molecular flexibility index (Phi) is 4.01. The smallest absolute Gasteiger partial charge is 0.305 e. The van der Waals surface area contributed by atoms with Crippen molar-refractivity contribution in [2.75, 3.05) is 13.1 Å². The Morgan fingerprint density at radius 2 is 2.22 bits per heavy atom. The molecule has 100 valence electrons. The molecule has 18 heavy (non-hydrogen) atoms. The highest BCUT2D eigenvalue weighted by atomic mass is 16.4. The van der Waals surface area contributed by atoms with Gasteiger partial charge in [0.05, 0.1) is 24.5 Å². The van der Waals surface area contributed by atoms with Gasteiger partial charge in [0, 0.05) is 12.2 Å². The topological polar surface area (TPSA) is 58.4 Å². The molecular weight excluding hydrogens is 230 g/mol. The van der Waals surface area contributed by atoms with Crippen LogP contribution in [0.25, 0.3) is 0 Å². The third-order valence-corrected chi connectivity index (χ3v) is 3.60. The lowest BCUT2D eigenvalue weighted by molar-refractivity contribution is -0.138. The quantitative estimate of drug-likeness (QED) is 0.806. The summed E-state index contributed by atoms with van der Waals surface area (Å²) < 4.78 is 2.16. The molecule has 0 spiro atoms. The molecule has 1 aliphatic rings. The van der Waals surface area contributed by atoms with Gasteiger partial charge >= 0.3 is 5.97 Å². The number of carbonyl (C=O) groups is 1. The van der Waals surface area contributed by atoms with Crippen LogP contribution in [0, 0.1) is 0 Å². The average molecular weight is 251 g/mol. The van der Waals surface area contributed by atoms with Crippen molar-refractivity contribution >= 4 is 5.97 Å². The van der Waals surface area contributed by atoms with Gasteiger partial charge in [-0.15, -0.1) is 0 Å². The monoisotopic (exact) mass is 251 g/mol. The van der Waals surface area contributed by atoms with Crippen molar-refractivity contribution in [3.05, 3.63) is 18.2 Å². The van der Waals surface area contributed by atoms with Crippen molar-refractivity contribution < 1.29 is 9.90 Å². The number of imidazole rings is 1. The molecule has 1 heterocycles. The summed E-state index contributed by atoms with van der Waals surface area (Å²) in [7, 11) is 0. The van der Waals surface area contributed by atoms with Crippen LogP contribution in [0.15, 0.2) is 12.5 Å². The summed E-state index contributed by atoms with van der Waals surface area (Å²) in [5, 5.41) is 9.11. The normalized spacial score (nSPS) is 17.1. The maximum absolute atomic E-state index is 11.1. The standard InChI is InChI=1S/C13H21N3O2/c1-3-15(4-2)11(7-13(17)18)12-8-14-9-16(12)10-5-6-10/h8-11H,3-7H2,1-2H3,(H,17,18). The molecule has 1 atom stereocenters. The molecule has 1 aliphatic carbocycles. The van der Waals surface area contributed by atoms with Crippen LogP contribution in [-0.2, 0) is 4.79 Å². The van der Waals surface area contributed by atoms with Crippen molar-refractivity contribution in [1.29, 1.82) is 0 Å². The molecule has 1 N–H and O–H groups in total. The highest BCUT2D eigenvalue weighted by molar-refractivity contribution is 5.67. The predicted molar refractivity (Wildman–Crippen MR) is 68.4 cm³/mol. The van der Waals surface area contributed by atoms with Gasteiger partial charge in [-0.05, 0) is 25.9 Å². The first-order chi connectivity index (χ1) is 8.67. The maximum Gasteiger partial charge on any atom is 0.305 e. The second-order valence-electron chi connectivity index (χ2n) is 4.79. The van der Waals surface area contributed by atoms with Gasteiger partial charge in [0.1, 0.15) is 0 Å². The molecule has 0 aromatic carbocycles. The van der Waals surface area contributed by atoms with Gasteiger partial charge in [-0.3, -0.25) is 9.69 Å². The van der Waals surface area contributed by atoms with Crippen molar-refractivity contribution in [1.82, 2.24) is 14.5 Å². The molecule has 1 aromatic rings. The molecule has 1 aromatic heterocycles. The first-order valence-electron chi connectivity index (χ1n) is 6.64. The van der Waals surface area contributed by atoms with Gasteiger partial charge in [-0.25, -0.2) is 4.98 Å². The highest BCUT2D eigenvalue weighted by Gasteiger charge is 2.30. The Labute approximate surface area is 107 Å². The number of rotatable bonds is 7. The minimum absolute atomic E-state index is 0.0689. The molecule has 2 rings (SSSR count). The third-order valence-electron chi connectivity index (χ3n) is 3.60. The highest BCUT2D eigenvalue weighted by Crippen LogP contribution is 2.38. The van der Waals surface area contributed by atoms with Crippen LogP contribution >= 0.6 is 0 Å². The van der Waals surface area contributed by atoms with Crippen LogP contribution in [0.3, 0.4) is 0 Å². The zero-order valence-electron chi connectivity index (χ0n) is 11.0. The van der Waals surface area contributed by atoms with Crippen LogP contribution in [0.2, 0.25) is 0 Å². The molecule has 5 nitrogen and oxygen atoms in total. The molecule has 0 amide bonds. The number of hydrogen-bond acceptors (Lipinski definition) is 3. The van der Waals surface area contributed by atoms with Crippen molar-refractivity contribution in [3.8, 4) is 0 Å². The largest absolute Gasteiger partial charge is 0.481 e. The van der Waals surface area contributed by atoms with Gasteiger partial charge in [-0.2, -0.15) is 0 Å². The Morgan fingerprint density at radius 1 is 1.56 bits per heavy atom. The molecule has 0 radical (unpaired) electrons. The van der Waals surface area contributed by atoms with Crippen LogP contribution in [-0.4, -0.2) is 38.6 Å². The van der Waals surface area contributed by atoms with E-state index in [9.17, 15) is 4.79 Å². The van der Waals surface area contributed by atoms with Gasteiger partial charge < -0.3 is 9.67 Å². The summed E-state index contributed by atoms with van der Waals surface area (Å²) in [5.41, 5.74) is 1.05.